The summed E-state index contributed by atoms with van der Waals surface area (Å²) in [5.74, 6) is 0.0835. The van der Waals surface area contributed by atoms with Crippen molar-refractivity contribution in [1.82, 2.24) is 9.21 Å². The minimum absolute atomic E-state index is 0.0735. The van der Waals surface area contributed by atoms with Gasteiger partial charge >= 0.3 is 0 Å². The van der Waals surface area contributed by atoms with Gasteiger partial charge in [0.2, 0.25) is 15.9 Å². The second-order valence-electron chi connectivity index (χ2n) is 6.67. The van der Waals surface area contributed by atoms with E-state index in [0.29, 0.717) is 17.0 Å². The van der Waals surface area contributed by atoms with Gasteiger partial charge in [-0.3, -0.25) is 9.59 Å². The number of nitrogens with zero attached hydrogens (tertiary/aromatic N) is 2. The van der Waals surface area contributed by atoms with E-state index in [4.69, 9.17) is 11.6 Å². The van der Waals surface area contributed by atoms with Crippen molar-refractivity contribution in [3.05, 3.63) is 53.1 Å². The summed E-state index contributed by atoms with van der Waals surface area (Å²) in [5.41, 5.74) is 1.10. The van der Waals surface area contributed by atoms with Crippen molar-refractivity contribution >= 4 is 50.9 Å². The number of rotatable bonds is 3. The molecule has 2 amide bonds. The number of carbonyl (C=O) groups excluding carboxylic acids is 2. The molecule has 1 N–H and O–H groups in total. The van der Waals surface area contributed by atoms with Crippen molar-refractivity contribution in [1.29, 1.82) is 0 Å². The van der Waals surface area contributed by atoms with E-state index in [1.807, 2.05) is 6.07 Å². The zero-order valence-corrected chi connectivity index (χ0v) is 17.7. The highest BCUT2D eigenvalue weighted by atomic mass is 35.5. The van der Waals surface area contributed by atoms with Crippen molar-refractivity contribution < 1.29 is 18.0 Å². The van der Waals surface area contributed by atoms with Crippen LogP contribution in [0.2, 0.25) is 5.02 Å². The van der Waals surface area contributed by atoms with Gasteiger partial charge in [0.05, 0.1) is 16.5 Å². The summed E-state index contributed by atoms with van der Waals surface area (Å²) in [4.78, 5) is 27.1. The van der Waals surface area contributed by atoms with Crippen LogP contribution in [0, 0.1) is 0 Å². The monoisotopic (exact) mass is 451 g/mol. The number of halogens is 1. The van der Waals surface area contributed by atoms with Gasteiger partial charge in [-0.25, -0.2) is 8.42 Å². The van der Waals surface area contributed by atoms with E-state index in [1.165, 1.54) is 22.1 Å². The second-order valence-corrected chi connectivity index (χ2v) is 10.0. The molecule has 0 bridgehead atoms. The third kappa shape index (κ3) is 4.00. The normalized spacial score (nSPS) is 17.6. The first-order valence-electron chi connectivity index (χ1n) is 8.97. The Morgan fingerprint density at radius 1 is 1.07 bits per heavy atom. The van der Waals surface area contributed by atoms with Gasteiger partial charge in [0.25, 0.3) is 5.91 Å². The Hall–Kier alpha value is -2.07. The highest BCUT2D eigenvalue weighted by molar-refractivity contribution is 8.00. The summed E-state index contributed by atoms with van der Waals surface area (Å²) in [6.45, 7) is 0.940. The molecule has 2 aromatic carbocycles. The molecule has 2 aliphatic rings. The number of anilines is 1. The van der Waals surface area contributed by atoms with Crippen LogP contribution in [0.3, 0.4) is 0 Å². The van der Waals surface area contributed by atoms with Gasteiger partial charge in [-0.2, -0.15) is 4.31 Å². The van der Waals surface area contributed by atoms with E-state index in [1.54, 1.807) is 35.2 Å². The molecule has 0 unspecified atom stereocenters. The molecule has 2 heterocycles. The highest BCUT2D eigenvalue weighted by Gasteiger charge is 2.32. The summed E-state index contributed by atoms with van der Waals surface area (Å²) in [5, 5.41) is 2.96. The van der Waals surface area contributed by atoms with Crippen molar-refractivity contribution in [2.45, 2.75) is 9.79 Å². The van der Waals surface area contributed by atoms with Crippen molar-refractivity contribution in [3.63, 3.8) is 0 Å². The summed E-state index contributed by atoms with van der Waals surface area (Å²) in [6.07, 6.45) is 0. The zero-order valence-electron chi connectivity index (χ0n) is 15.3. The Bertz CT molecular complexity index is 1080. The second kappa shape index (κ2) is 7.98. The lowest BCUT2D eigenvalue weighted by atomic mass is 10.1. The molecule has 4 rings (SSSR count). The summed E-state index contributed by atoms with van der Waals surface area (Å²) < 4.78 is 27.0. The van der Waals surface area contributed by atoms with Gasteiger partial charge < -0.3 is 10.2 Å². The van der Waals surface area contributed by atoms with Crippen LogP contribution >= 0.6 is 23.4 Å². The summed E-state index contributed by atoms with van der Waals surface area (Å²) >= 11 is 7.49. The van der Waals surface area contributed by atoms with Gasteiger partial charge in [-0.1, -0.05) is 23.7 Å². The van der Waals surface area contributed by atoms with Crippen LogP contribution in [0.4, 0.5) is 5.69 Å². The first-order valence-corrected chi connectivity index (χ1v) is 11.8. The minimum Gasteiger partial charge on any atom is -0.336 e. The van der Waals surface area contributed by atoms with Crippen molar-refractivity contribution in [2.24, 2.45) is 0 Å². The quantitative estimate of drug-likeness (QED) is 0.774. The van der Waals surface area contributed by atoms with Gasteiger partial charge in [-0.05, 0) is 30.3 Å². The third-order valence-corrected chi connectivity index (χ3v) is 8.31. The van der Waals surface area contributed by atoms with E-state index in [2.05, 4.69) is 5.32 Å². The number of hydrogen-bond acceptors (Lipinski definition) is 5. The molecule has 1 fully saturated rings. The van der Waals surface area contributed by atoms with Crippen LogP contribution in [-0.2, 0) is 14.8 Å². The fourth-order valence-corrected chi connectivity index (χ4v) is 6.03. The van der Waals surface area contributed by atoms with E-state index >= 15 is 0 Å². The molecular weight excluding hydrogens is 434 g/mol. The molecular formula is C19H18ClN3O4S2. The summed E-state index contributed by atoms with van der Waals surface area (Å²) in [7, 11) is -3.71. The van der Waals surface area contributed by atoms with Crippen LogP contribution in [0.5, 0.6) is 0 Å². The molecule has 1 saturated heterocycles. The number of nitrogens with one attached hydrogen (secondary N) is 1. The molecule has 152 valence electrons. The van der Waals surface area contributed by atoms with E-state index < -0.39 is 10.0 Å². The number of benzene rings is 2. The number of fused-ring (bicyclic) bond motifs is 1. The van der Waals surface area contributed by atoms with Crippen LogP contribution in [0.15, 0.2) is 52.3 Å². The molecule has 29 heavy (non-hydrogen) atoms. The smallest absolute Gasteiger partial charge is 0.254 e. The lowest BCUT2D eigenvalue weighted by molar-refractivity contribution is -0.113. The molecule has 0 spiro atoms. The molecule has 2 aliphatic heterocycles. The SMILES string of the molecule is O=C1CSc2ccc(C(=O)N3CCN(S(=O)(=O)c4ccccc4Cl)CC3)cc2N1. The average Bonchev–Trinajstić information content (AvgIpc) is 2.73. The molecule has 0 radical (unpaired) electrons. The first kappa shape index (κ1) is 20.2. The van der Waals surface area contributed by atoms with Crippen LogP contribution in [0.25, 0.3) is 0 Å². The van der Waals surface area contributed by atoms with Gasteiger partial charge in [0.1, 0.15) is 4.90 Å². The Morgan fingerprint density at radius 3 is 2.52 bits per heavy atom. The number of amides is 2. The standard InChI is InChI=1S/C19H18ClN3O4S2/c20-14-3-1-2-4-17(14)29(26,27)23-9-7-22(8-10-23)19(25)13-5-6-16-15(11-13)21-18(24)12-28-16/h1-6,11H,7-10,12H2,(H,21,24). The Kier molecular flexibility index (Phi) is 5.56. The maximum absolute atomic E-state index is 12.9. The molecule has 10 heteroatoms. The maximum atomic E-state index is 12.9. The summed E-state index contributed by atoms with van der Waals surface area (Å²) in [6, 6.07) is 11.6. The fourth-order valence-electron chi connectivity index (χ4n) is 3.32. The maximum Gasteiger partial charge on any atom is 0.254 e. The molecule has 7 nitrogen and oxygen atoms in total. The number of thioether (sulfide) groups is 1. The van der Waals surface area contributed by atoms with Gasteiger partial charge in [0.15, 0.2) is 0 Å². The number of carbonyl (C=O) groups is 2. The van der Waals surface area contributed by atoms with E-state index in [9.17, 15) is 18.0 Å². The largest absolute Gasteiger partial charge is 0.336 e. The number of piperazine rings is 1. The Labute approximate surface area is 178 Å². The van der Waals surface area contributed by atoms with Gasteiger partial charge in [0, 0.05) is 36.6 Å². The number of sulfonamides is 1. The highest BCUT2D eigenvalue weighted by Crippen LogP contribution is 2.32. The van der Waals surface area contributed by atoms with E-state index in [0.717, 1.165) is 4.90 Å². The predicted octanol–water partition coefficient (Wildman–Crippen LogP) is 2.53. The molecule has 0 aliphatic carbocycles. The fraction of sp³-hybridized carbons (Fsp3) is 0.263. The predicted molar refractivity (Wildman–Crippen MR) is 112 cm³/mol. The first-order chi connectivity index (χ1) is 13.9. The molecule has 2 aromatic rings. The topological polar surface area (TPSA) is 86.8 Å². The van der Waals surface area contributed by atoms with Crippen LogP contribution in [-0.4, -0.2) is 61.4 Å². The van der Waals surface area contributed by atoms with Crippen molar-refractivity contribution in [2.75, 3.05) is 37.2 Å². The minimum atomic E-state index is -3.71. The Morgan fingerprint density at radius 2 is 1.79 bits per heavy atom. The zero-order chi connectivity index (χ0) is 20.6. The molecule has 0 aromatic heterocycles. The Balaban J connectivity index is 1.46. The van der Waals surface area contributed by atoms with E-state index in [-0.39, 0.29) is 47.9 Å². The lowest BCUT2D eigenvalue weighted by Crippen LogP contribution is -2.50. The average molecular weight is 452 g/mol. The third-order valence-electron chi connectivity index (χ3n) is 4.84. The van der Waals surface area contributed by atoms with Crippen LogP contribution < -0.4 is 5.32 Å². The lowest BCUT2D eigenvalue weighted by Gasteiger charge is -2.34. The molecule has 0 atom stereocenters. The molecule has 0 saturated carbocycles. The number of hydrogen-bond donors (Lipinski definition) is 1. The van der Waals surface area contributed by atoms with Crippen LogP contribution in [0.1, 0.15) is 10.4 Å². The van der Waals surface area contributed by atoms with Crippen molar-refractivity contribution in [3.8, 4) is 0 Å². The van der Waals surface area contributed by atoms with Gasteiger partial charge in [-0.15, -0.1) is 11.8 Å².